The second kappa shape index (κ2) is 19.7. The van der Waals surface area contributed by atoms with Gasteiger partial charge in [0, 0.05) is 26.4 Å². The van der Waals surface area contributed by atoms with Gasteiger partial charge in [0.05, 0.1) is 7.92 Å². The molecule has 3 aromatic rings. The van der Waals surface area contributed by atoms with E-state index in [2.05, 4.69) is 91.0 Å². The van der Waals surface area contributed by atoms with Gasteiger partial charge in [-0.15, -0.1) is 0 Å². The van der Waals surface area contributed by atoms with Crippen LogP contribution in [0.2, 0.25) is 0 Å². The maximum atomic E-state index is 4.83. The first-order valence-corrected chi connectivity index (χ1v) is 12.0. The molecule has 2 nitrogen and oxygen atoms in total. The van der Waals surface area contributed by atoms with Crippen LogP contribution in [0.5, 0.6) is 0 Å². The van der Waals surface area contributed by atoms with Crippen LogP contribution in [0.15, 0.2) is 91.0 Å². The van der Waals surface area contributed by atoms with E-state index in [1.807, 2.05) is 27.7 Å². The summed E-state index contributed by atoms with van der Waals surface area (Å²) in [6.07, 6.45) is 0. The Kier molecular flexibility index (Phi) is 18.9. The Labute approximate surface area is 200 Å². The van der Waals surface area contributed by atoms with Gasteiger partial charge in [0.15, 0.2) is 0 Å². The molecule has 0 N–H and O–H groups in total. The predicted octanol–water partition coefficient (Wildman–Crippen LogP) is 5.26. The van der Waals surface area contributed by atoms with Gasteiger partial charge in [-0.1, -0.05) is 54.6 Å². The van der Waals surface area contributed by atoms with Crippen molar-refractivity contribution in [1.29, 1.82) is 0 Å². The third-order valence-corrected chi connectivity index (χ3v) is 6.74. The third-order valence-electron chi connectivity index (χ3n) is 4.00. The first kappa shape index (κ1) is 28.8. The van der Waals surface area contributed by atoms with Crippen LogP contribution in [0.25, 0.3) is 0 Å². The number of rotatable bonds is 7. The Balaban J connectivity index is 0.000000646. The van der Waals surface area contributed by atoms with Crippen molar-refractivity contribution >= 4 is 23.8 Å². The smallest absolute Gasteiger partial charge is 0.382 e. The number of benzene rings is 3. The Morgan fingerprint density at radius 3 is 0.867 bits per heavy atom. The normalized spacial score (nSPS) is 9.50. The summed E-state index contributed by atoms with van der Waals surface area (Å²) in [6.45, 7) is 11.3. The zero-order valence-electron chi connectivity index (χ0n) is 18.6. The van der Waals surface area contributed by atoms with E-state index in [1.54, 1.807) is 0 Å². The number of hydrogen-bond donors (Lipinski definition) is 0. The maximum Gasteiger partial charge on any atom is 1.00 e. The summed E-state index contributed by atoms with van der Waals surface area (Å²) in [7, 11) is -0.877. The van der Waals surface area contributed by atoms with Gasteiger partial charge >= 0.3 is 22.4 Å². The van der Waals surface area contributed by atoms with Crippen LogP contribution in [-0.4, -0.2) is 26.4 Å². The van der Waals surface area contributed by atoms with Gasteiger partial charge in [-0.25, -0.2) is 0 Å². The van der Waals surface area contributed by atoms with Gasteiger partial charge in [-0.2, -0.15) is 0 Å². The van der Waals surface area contributed by atoms with Gasteiger partial charge in [0.25, 0.3) is 0 Å². The molecule has 3 rings (SSSR count). The Morgan fingerprint density at radius 2 is 0.700 bits per heavy atom. The summed E-state index contributed by atoms with van der Waals surface area (Å²) >= 11 is 0. The molecule has 0 bridgehead atoms. The summed E-state index contributed by atoms with van der Waals surface area (Å²) in [5.74, 6) is 0. The fraction of sp³-hybridized carbons (Fsp3) is 0.308. The van der Waals surface area contributed by atoms with E-state index in [0.29, 0.717) is 0 Å². The molecule has 166 valence electrons. The van der Waals surface area contributed by atoms with Crippen LogP contribution < -0.4 is 15.9 Å². The molecule has 0 amide bonds. The maximum absolute atomic E-state index is 4.83. The SMILES string of the molecule is CCOCC.CCOCC.[Ag+].c1ccc([PH+](c2ccccc2)c2ccccc2)cc1. The first-order valence-electron chi connectivity index (χ1n) is 10.5. The monoisotopic (exact) mass is 518 g/mol. The van der Waals surface area contributed by atoms with E-state index >= 15 is 0 Å². The van der Waals surface area contributed by atoms with E-state index < -0.39 is 7.92 Å². The minimum Gasteiger partial charge on any atom is -0.382 e. The average Bonchev–Trinajstić information content (AvgIpc) is 2.78. The molecule has 0 heterocycles. The van der Waals surface area contributed by atoms with Crippen molar-refractivity contribution in [1.82, 2.24) is 0 Å². The van der Waals surface area contributed by atoms with E-state index in [-0.39, 0.29) is 22.4 Å². The Hall–Kier alpha value is -1.25. The topological polar surface area (TPSA) is 18.5 Å². The van der Waals surface area contributed by atoms with Gasteiger partial charge < -0.3 is 9.47 Å². The minimum atomic E-state index is -0.877. The van der Waals surface area contributed by atoms with Crippen molar-refractivity contribution in [3.8, 4) is 0 Å². The molecule has 4 heteroatoms. The van der Waals surface area contributed by atoms with Crippen LogP contribution in [0, 0.1) is 0 Å². The molecule has 0 fully saturated rings. The molecular formula is C26H36AgO2P+2. The molecule has 3 aromatic carbocycles. The van der Waals surface area contributed by atoms with Crippen molar-refractivity contribution in [2.75, 3.05) is 26.4 Å². The van der Waals surface area contributed by atoms with Gasteiger partial charge in [0.2, 0.25) is 0 Å². The fourth-order valence-corrected chi connectivity index (χ4v) is 5.30. The van der Waals surface area contributed by atoms with Crippen LogP contribution in [0.1, 0.15) is 27.7 Å². The van der Waals surface area contributed by atoms with Gasteiger partial charge in [0.1, 0.15) is 15.9 Å². The summed E-state index contributed by atoms with van der Waals surface area (Å²) in [6, 6.07) is 32.5. The second-order valence-corrected chi connectivity index (χ2v) is 8.52. The summed E-state index contributed by atoms with van der Waals surface area (Å²) in [5, 5.41) is 4.31. The Bertz CT molecular complexity index is 620. The average molecular weight is 519 g/mol. The van der Waals surface area contributed by atoms with Crippen LogP contribution in [-0.2, 0) is 31.9 Å². The van der Waals surface area contributed by atoms with Crippen molar-refractivity contribution in [2.24, 2.45) is 0 Å². The van der Waals surface area contributed by atoms with Crippen LogP contribution in [0.3, 0.4) is 0 Å². The van der Waals surface area contributed by atoms with Crippen molar-refractivity contribution in [3.63, 3.8) is 0 Å². The fourth-order valence-electron chi connectivity index (χ4n) is 2.72. The molecule has 0 aromatic heterocycles. The number of ether oxygens (including phenoxy) is 2. The minimum absolute atomic E-state index is 0. The first-order chi connectivity index (χ1) is 14.3. The molecule has 0 aliphatic heterocycles. The molecule has 0 saturated carbocycles. The zero-order valence-corrected chi connectivity index (χ0v) is 21.1. The zero-order chi connectivity index (χ0) is 21.2. The number of hydrogen-bond acceptors (Lipinski definition) is 2. The summed E-state index contributed by atoms with van der Waals surface area (Å²) in [5.41, 5.74) is 0. The van der Waals surface area contributed by atoms with Crippen molar-refractivity contribution in [2.45, 2.75) is 27.7 Å². The third kappa shape index (κ3) is 11.8. The van der Waals surface area contributed by atoms with Crippen molar-refractivity contribution < 1.29 is 31.9 Å². The van der Waals surface area contributed by atoms with Crippen LogP contribution >= 0.6 is 7.92 Å². The standard InChI is InChI=1S/C18H15P.2C4H10O.Ag/c1-4-10-16(11-5-1)19(17-12-6-2-7-13-17)18-14-8-3-9-15-18;2*1-3-5-4-2;/h1-15H;2*3-4H2,1-2H3;/q;;;+1/p+1. The van der Waals surface area contributed by atoms with Gasteiger partial charge in [-0.05, 0) is 64.1 Å². The summed E-state index contributed by atoms with van der Waals surface area (Å²) in [4.78, 5) is 0. The Morgan fingerprint density at radius 1 is 0.467 bits per heavy atom. The van der Waals surface area contributed by atoms with Crippen LogP contribution in [0.4, 0.5) is 0 Å². The second-order valence-electron chi connectivity index (χ2n) is 6.04. The molecular weight excluding hydrogens is 483 g/mol. The molecule has 0 aliphatic rings. The predicted molar refractivity (Wildman–Crippen MR) is 131 cm³/mol. The largest absolute Gasteiger partial charge is 1.00 e. The quantitative estimate of drug-likeness (QED) is 0.313. The molecule has 0 aliphatic carbocycles. The molecule has 0 saturated heterocycles. The molecule has 0 radical (unpaired) electrons. The van der Waals surface area contributed by atoms with Gasteiger partial charge in [-0.3, -0.25) is 0 Å². The van der Waals surface area contributed by atoms with E-state index in [0.717, 1.165) is 26.4 Å². The van der Waals surface area contributed by atoms with E-state index in [1.165, 1.54) is 15.9 Å². The molecule has 0 unspecified atom stereocenters. The molecule has 0 atom stereocenters. The van der Waals surface area contributed by atoms with E-state index in [4.69, 9.17) is 9.47 Å². The van der Waals surface area contributed by atoms with Crippen molar-refractivity contribution in [3.05, 3.63) is 91.0 Å². The van der Waals surface area contributed by atoms with E-state index in [9.17, 15) is 0 Å². The molecule has 30 heavy (non-hydrogen) atoms. The summed E-state index contributed by atoms with van der Waals surface area (Å²) < 4.78 is 9.67. The molecule has 0 spiro atoms.